The summed E-state index contributed by atoms with van der Waals surface area (Å²) in [6.45, 7) is 10.2. The van der Waals surface area contributed by atoms with Crippen LogP contribution in [0.5, 0.6) is 11.5 Å². The highest BCUT2D eigenvalue weighted by Crippen LogP contribution is 2.51. The fourth-order valence-corrected chi connectivity index (χ4v) is 7.96. The van der Waals surface area contributed by atoms with E-state index in [1.807, 2.05) is 0 Å². The summed E-state index contributed by atoms with van der Waals surface area (Å²) >= 11 is 0. The number of amides is 1. The molecule has 15 nitrogen and oxygen atoms in total. The zero-order valence-corrected chi connectivity index (χ0v) is 30.1. The van der Waals surface area contributed by atoms with E-state index >= 15 is 0 Å². The topological polar surface area (TPSA) is 221 Å². The molecule has 52 heavy (non-hydrogen) atoms. The number of rotatable bonds is 2. The molecule has 0 saturated heterocycles. The van der Waals surface area contributed by atoms with Crippen molar-refractivity contribution in [3.05, 3.63) is 46.0 Å². The van der Waals surface area contributed by atoms with Crippen LogP contribution >= 0.6 is 0 Å². The number of aliphatic hydroxyl groups is 2. The Bertz CT molecular complexity index is 1860. The highest BCUT2D eigenvalue weighted by atomic mass is 16.7. The Hall–Kier alpha value is -4.60. The number of carbonyl (C=O) groups excluding carboxylic acids is 6. The first-order valence-electron chi connectivity index (χ1n) is 17.2. The number of esters is 1. The van der Waals surface area contributed by atoms with E-state index in [0.29, 0.717) is 0 Å². The number of fused-ring (bicyclic) bond motifs is 3. The fourth-order valence-electron chi connectivity index (χ4n) is 7.96. The minimum absolute atomic E-state index is 0.0387. The molecule has 1 aromatic carbocycles. The molecular formula is C37H43NO14. The number of methoxy groups -OCH3 is 1. The van der Waals surface area contributed by atoms with Gasteiger partial charge in [0.05, 0.1) is 47.7 Å². The summed E-state index contributed by atoms with van der Waals surface area (Å²) in [5.41, 5.74) is -3.93. The molecule has 2 aliphatic carbocycles. The Morgan fingerprint density at radius 1 is 0.942 bits per heavy atom. The maximum Gasteiger partial charge on any atom is 0.312 e. The third kappa shape index (κ3) is 5.69. The number of benzene rings is 1. The molecule has 11 atom stereocenters. The SMILES string of the molecule is CO[C@H]1/C=C\O[C@@]2(C)Oc3c(C)c(O)c4c(c3C2=O)C(=O)C2=C(NC(=O)[C@](C)(CC(=O)[C@@H]3C[C@@H]3[C@H](O)[C@@H](C)[C@@H](O)[C@@H](C)[C@H](OC(C)=O)[C@@H]1C)O2)C4=O. The van der Waals surface area contributed by atoms with Gasteiger partial charge in [0.1, 0.15) is 29.1 Å². The minimum atomic E-state index is -2.10. The Morgan fingerprint density at radius 2 is 1.62 bits per heavy atom. The lowest BCUT2D eigenvalue weighted by atomic mass is 9.79. The van der Waals surface area contributed by atoms with Crippen molar-refractivity contribution in [3.63, 3.8) is 0 Å². The third-order valence-corrected chi connectivity index (χ3v) is 11.3. The Kier molecular flexibility index (Phi) is 9.16. The van der Waals surface area contributed by atoms with E-state index in [1.54, 1.807) is 20.8 Å². The van der Waals surface area contributed by atoms with Gasteiger partial charge in [-0.3, -0.25) is 28.8 Å². The summed E-state index contributed by atoms with van der Waals surface area (Å²) in [5, 5.41) is 36.4. The zero-order valence-electron chi connectivity index (χ0n) is 30.1. The fraction of sp³-hybridized carbons (Fsp3) is 0.568. The predicted octanol–water partition coefficient (Wildman–Crippen LogP) is 2.20. The van der Waals surface area contributed by atoms with Gasteiger partial charge >= 0.3 is 11.8 Å². The number of hydrogen-bond acceptors (Lipinski definition) is 14. The minimum Gasteiger partial charge on any atom is -0.507 e. The monoisotopic (exact) mass is 725 g/mol. The standard InChI is InChI=1S/C37H43NO14/c1-13-21(48-8)9-10-49-37(7)34(46)24-22-23(28(43)16(4)32(24)52-37)29(44)25-33(30(22)45)51-36(6,35(47)38-25)12-20(40)18-11-19(18)27(42)14(2)26(41)15(3)31(13)50-17(5)39/h9-10,13-15,18-19,21,26-27,31,41-43H,11-12H2,1-8H3,(H,38,47)/b10-9-/t13-,14+,15-,18-,19+,21+,26-,27-,31-,36+,37+/m1/s1. The molecule has 3 heterocycles. The molecule has 4 N–H and O–H groups in total. The second-order valence-corrected chi connectivity index (χ2v) is 14.9. The number of allylic oxidation sites excluding steroid dienone is 2. The van der Waals surface area contributed by atoms with Crippen LogP contribution in [0.1, 0.15) is 91.0 Å². The summed E-state index contributed by atoms with van der Waals surface area (Å²) in [7, 11) is 1.40. The van der Waals surface area contributed by atoms with Gasteiger partial charge in [-0.25, -0.2) is 0 Å². The van der Waals surface area contributed by atoms with Crippen molar-refractivity contribution in [1.29, 1.82) is 0 Å². The van der Waals surface area contributed by atoms with Gasteiger partial charge in [0.2, 0.25) is 11.6 Å². The van der Waals surface area contributed by atoms with Crippen LogP contribution in [0, 0.1) is 36.5 Å². The average molecular weight is 726 g/mol. The van der Waals surface area contributed by atoms with E-state index in [1.165, 1.54) is 40.9 Å². The molecule has 0 spiro atoms. The van der Waals surface area contributed by atoms with Gasteiger partial charge in [-0.2, -0.15) is 0 Å². The van der Waals surface area contributed by atoms with Crippen molar-refractivity contribution in [2.45, 2.75) is 97.1 Å². The molecule has 0 radical (unpaired) electrons. The first-order chi connectivity index (χ1) is 24.3. The number of carbonyl (C=O) groups is 6. The van der Waals surface area contributed by atoms with E-state index in [4.69, 9.17) is 23.7 Å². The number of hydrogen-bond donors (Lipinski definition) is 4. The van der Waals surface area contributed by atoms with E-state index in [0.717, 1.165) is 6.26 Å². The lowest BCUT2D eigenvalue weighted by Gasteiger charge is -2.37. The van der Waals surface area contributed by atoms with Gasteiger partial charge in [-0.05, 0) is 32.3 Å². The van der Waals surface area contributed by atoms with Gasteiger partial charge in [-0.15, -0.1) is 0 Å². The van der Waals surface area contributed by atoms with E-state index < -0.39 is 135 Å². The third-order valence-electron chi connectivity index (χ3n) is 11.3. The molecule has 0 unspecified atom stereocenters. The van der Waals surface area contributed by atoms with Crippen molar-refractivity contribution in [1.82, 2.24) is 5.32 Å². The molecule has 6 rings (SSSR count). The molecular weight excluding hydrogens is 682 g/mol. The molecule has 5 aliphatic rings. The largest absolute Gasteiger partial charge is 0.507 e. The molecule has 1 saturated carbocycles. The summed E-state index contributed by atoms with van der Waals surface area (Å²) in [6, 6.07) is 0. The van der Waals surface area contributed by atoms with E-state index in [9.17, 15) is 44.1 Å². The summed E-state index contributed by atoms with van der Waals surface area (Å²) < 4.78 is 29.1. The lowest BCUT2D eigenvalue weighted by molar-refractivity contribution is -0.160. The Labute approximate surface area is 299 Å². The van der Waals surface area contributed by atoms with Gasteiger partial charge < -0.3 is 44.3 Å². The van der Waals surface area contributed by atoms with Gasteiger partial charge in [0.15, 0.2) is 11.4 Å². The maximum atomic E-state index is 14.2. The van der Waals surface area contributed by atoms with Crippen LogP contribution in [0.15, 0.2) is 23.8 Å². The smallest absolute Gasteiger partial charge is 0.312 e. The summed E-state index contributed by atoms with van der Waals surface area (Å²) in [4.78, 5) is 81.4. The van der Waals surface area contributed by atoms with Gasteiger partial charge in [0.25, 0.3) is 11.7 Å². The van der Waals surface area contributed by atoms with E-state index in [2.05, 4.69) is 5.32 Å². The van der Waals surface area contributed by atoms with Crippen LogP contribution in [-0.4, -0.2) is 93.2 Å². The van der Waals surface area contributed by atoms with Crippen LogP contribution in [0.4, 0.5) is 0 Å². The second kappa shape index (κ2) is 12.8. The van der Waals surface area contributed by atoms with Crippen molar-refractivity contribution in [3.8, 4) is 11.5 Å². The summed E-state index contributed by atoms with van der Waals surface area (Å²) in [5.74, 6) is -11.8. The number of phenols is 1. The number of aromatic hydroxyl groups is 1. The predicted molar refractivity (Wildman–Crippen MR) is 177 cm³/mol. The first kappa shape index (κ1) is 37.2. The van der Waals surface area contributed by atoms with Crippen LogP contribution in [0.3, 0.4) is 0 Å². The quantitative estimate of drug-likeness (QED) is 0.321. The lowest BCUT2D eigenvalue weighted by Crippen LogP contribution is -2.54. The number of Topliss-reactive ketones (excluding diaryl/α,β-unsaturated/α-hetero) is 4. The summed E-state index contributed by atoms with van der Waals surface area (Å²) in [6.07, 6.45) is -1.81. The van der Waals surface area contributed by atoms with Crippen molar-refractivity contribution >= 4 is 35.0 Å². The Balaban J connectivity index is 1.45. The molecule has 1 fully saturated rings. The van der Waals surface area contributed by atoms with Crippen molar-refractivity contribution in [2.75, 3.05) is 7.11 Å². The van der Waals surface area contributed by atoms with Gasteiger partial charge in [-0.1, -0.05) is 20.8 Å². The van der Waals surface area contributed by atoms with Crippen LogP contribution in [0.25, 0.3) is 0 Å². The first-order valence-corrected chi connectivity index (χ1v) is 17.2. The van der Waals surface area contributed by atoms with Gasteiger partial charge in [0, 0.05) is 50.2 Å². The number of phenolic OH excluding ortho intramolecular Hbond substituents is 1. The molecule has 15 heteroatoms. The van der Waals surface area contributed by atoms with E-state index in [-0.39, 0.29) is 23.3 Å². The molecule has 5 bridgehead atoms. The van der Waals surface area contributed by atoms with Crippen molar-refractivity contribution in [2.24, 2.45) is 29.6 Å². The number of ether oxygens (including phenoxy) is 5. The highest BCUT2D eigenvalue weighted by molar-refractivity contribution is 6.32. The van der Waals surface area contributed by atoms with Crippen molar-refractivity contribution < 1.29 is 67.8 Å². The normalized spacial score (nSPS) is 38.0. The molecule has 3 aliphatic heterocycles. The maximum absolute atomic E-state index is 14.2. The van der Waals surface area contributed by atoms with Crippen LogP contribution in [-0.2, 0) is 33.3 Å². The molecule has 1 amide bonds. The Morgan fingerprint density at radius 3 is 2.25 bits per heavy atom. The number of ketones is 4. The average Bonchev–Trinajstić information content (AvgIpc) is 3.85. The second-order valence-electron chi connectivity index (χ2n) is 14.9. The number of aliphatic hydroxyl groups excluding tert-OH is 2. The molecule has 0 aromatic heterocycles. The molecule has 1 aromatic rings. The van der Waals surface area contributed by atoms with Crippen LogP contribution in [0.2, 0.25) is 0 Å². The zero-order chi connectivity index (χ0) is 38.4. The highest BCUT2D eigenvalue weighted by Gasteiger charge is 2.57. The van der Waals surface area contributed by atoms with Crippen LogP contribution < -0.4 is 10.1 Å². The number of nitrogens with one attached hydrogen (secondary N) is 1. The molecule has 280 valence electrons.